The average molecular weight is 395 g/mol. The van der Waals surface area contributed by atoms with Gasteiger partial charge in [0, 0.05) is 23.0 Å². The van der Waals surface area contributed by atoms with Crippen molar-refractivity contribution in [1.82, 2.24) is 20.1 Å². The molecule has 0 aliphatic rings. The van der Waals surface area contributed by atoms with Crippen molar-refractivity contribution in [3.63, 3.8) is 0 Å². The molecule has 2 aromatic carbocycles. The molecule has 0 unspecified atom stereocenters. The summed E-state index contributed by atoms with van der Waals surface area (Å²) in [5.74, 6) is 0.249. The smallest absolute Gasteiger partial charge is 0.264 e. The molecule has 0 aliphatic heterocycles. The van der Waals surface area contributed by atoms with E-state index in [9.17, 15) is 8.78 Å². The van der Waals surface area contributed by atoms with Crippen molar-refractivity contribution in [2.24, 2.45) is 0 Å². The van der Waals surface area contributed by atoms with Crippen LogP contribution < -0.4 is 10.1 Å². The molecule has 4 rings (SSSR count). The lowest BCUT2D eigenvalue weighted by atomic mass is 10.2. The molecule has 4 aromatic rings. The van der Waals surface area contributed by atoms with E-state index in [2.05, 4.69) is 25.4 Å². The van der Waals surface area contributed by atoms with Gasteiger partial charge in [0.15, 0.2) is 6.61 Å². The monoisotopic (exact) mass is 395 g/mol. The van der Waals surface area contributed by atoms with Gasteiger partial charge in [-0.15, -0.1) is 0 Å². The molecule has 0 spiro atoms. The fraction of sp³-hybridized carbons (Fsp3) is 0.100. The van der Waals surface area contributed by atoms with Gasteiger partial charge in [0.2, 0.25) is 17.7 Å². The molecule has 0 fully saturated rings. The van der Waals surface area contributed by atoms with Crippen LogP contribution in [0.4, 0.5) is 20.4 Å². The molecular weight excluding hydrogens is 380 g/mol. The van der Waals surface area contributed by atoms with Crippen LogP contribution in [0.5, 0.6) is 5.88 Å². The van der Waals surface area contributed by atoms with Crippen molar-refractivity contribution in [2.45, 2.75) is 13.5 Å². The number of nitrogens with zero attached hydrogens (tertiary/aromatic N) is 4. The van der Waals surface area contributed by atoms with E-state index < -0.39 is 0 Å². The van der Waals surface area contributed by atoms with E-state index in [1.807, 2.05) is 0 Å². The van der Waals surface area contributed by atoms with Crippen LogP contribution in [-0.4, -0.2) is 20.1 Å². The fourth-order valence-electron chi connectivity index (χ4n) is 2.56. The lowest BCUT2D eigenvalue weighted by molar-refractivity contribution is 0.235. The van der Waals surface area contributed by atoms with Gasteiger partial charge in [-0.05, 0) is 37.3 Å². The number of aromatic nitrogens is 4. The van der Waals surface area contributed by atoms with Gasteiger partial charge >= 0.3 is 0 Å². The lowest BCUT2D eigenvalue weighted by Crippen LogP contribution is -2.03. The first-order valence-corrected chi connectivity index (χ1v) is 8.65. The maximum absolute atomic E-state index is 13.3. The zero-order chi connectivity index (χ0) is 20.2. The Kier molecular flexibility index (Phi) is 5.10. The van der Waals surface area contributed by atoms with Gasteiger partial charge in [-0.25, -0.2) is 13.8 Å². The van der Waals surface area contributed by atoms with Crippen LogP contribution in [0.1, 0.15) is 11.6 Å². The molecule has 9 heteroatoms. The highest BCUT2D eigenvalue weighted by molar-refractivity contribution is 5.54. The lowest BCUT2D eigenvalue weighted by Gasteiger charge is -2.08. The molecule has 0 amide bonds. The van der Waals surface area contributed by atoms with Crippen molar-refractivity contribution in [2.75, 3.05) is 5.32 Å². The van der Waals surface area contributed by atoms with E-state index in [1.54, 1.807) is 37.3 Å². The Labute approximate surface area is 164 Å². The molecule has 2 aromatic heterocycles. The standard InChI is InChI=1S/C20H15F2N5O2/c1-12-8-17(26-20(23-12)24-16-7-3-6-15(22)10-16)28-11-18-25-19(27-29-18)13-4-2-5-14(21)9-13/h2-10H,11H2,1H3,(H,23,24,26). The van der Waals surface area contributed by atoms with E-state index in [0.29, 0.717) is 16.9 Å². The number of hydrogen-bond acceptors (Lipinski definition) is 7. The zero-order valence-electron chi connectivity index (χ0n) is 15.3. The highest BCUT2D eigenvalue weighted by Gasteiger charge is 2.11. The van der Waals surface area contributed by atoms with Crippen LogP contribution in [0.25, 0.3) is 11.4 Å². The second kappa shape index (κ2) is 8.01. The Bertz CT molecular complexity index is 1150. The Balaban J connectivity index is 1.45. The van der Waals surface area contributed by atoms with Crippen LogP contribution in [0.3, 0.4) is 0 Å². The van der Waals surface area contributed by atoms with E-state index in [0.717, 1.165) is 0 Å². The van der Waals surface area contributed by atoms with E-state index in [-0.39, 0.29) is 41.8 Å². The molecule has 2 heterocycles. The predicted octanol–water partition coefficient (Wildman–Crippen LogP) is 4.44. The van der Waals surface area contributed by atoms with Gasteiger partial charge in [0.05, 0.1) is 0 Å². The van der Waals surface area contributed by atoms with Gasteiger partial charge in [-0.2, -0.15) is 9.97 Å². The maximum Gasteiger partial charge on any atom is 0.264 e. The van der Waals surface area contributed by atoms with Crippen LogP contribution in [0.2, 0.25) is 0 Å². The molecule has 0 atom stereocenters. The normalized spacial score (nSPS) is 10.7. The molecule has 1 N–H and O–H groups in total. The van der Waals surface area contributed by atoms with Gasteiger partial charge in [0.1, 0.15) is 11.6 Å². The van der Waals surface area contributed by atoms with E-state index >= 15 is 0 Å². The highest BCUT2D eigenvalue weighted by atomic mass is 19.1. The Morgan fingerprint density at radius 1 is 0.966 bits per heavy atom. The number of halogens is 2. The number of benzene rings is 2. The highest BCUT2D eigenvalue weighted by Crippen LogP contribution is 2.20. The summed E-state index contributed by atoms with van der Waals surface area (Å²) in [5, 5.41) is 6.75. The molecule has 7 nitrogen and oxygen atoms in total. The maximum atomic E-state index is 13.3. The third kappa shape index (κ3) is 4.70. The summed E-state index contributed by atoms with van der Waals surface area (Å²) < 4.78 is 37.4. The summed E-state index contributed by atoms with van der Waals surface area (Å²) in [7, 11) is 0. The molecule has 0 radical (unpaired) electrons. The van der Waals surface area contributed by atoms with Crippen molar-refractivity contribution in [3.05, 3.63) is 77.8 Å². The molecule has 0 bridgehead atoms. The number of nitrogens with one attached hydrogen (secondary N) is 1. The van der Waals surface area contributed by atoms with E-state index in [4.69, 9.17) is 9.26 Å². The molecular formula is C20H15F2N5O2. The van der Waals surface area contributed by atoms with Crippen LogP contribution in [0.15, 0.2) is 59.1 Å². The first-order chi connectivity index (χ1) is 14.0. The minimum Gasteiger partial charge on any atom is -0.467 e. The average Bonchev–Trinajstić information content (AvgIpc) is 3.15. The number of anilines is 2. The van der Waals surface area contributed by atoms with Gasteiger partial charge in [0.25, 0.3) is 5.89 Å². The summed E-state index contributed by atoms with van der Waals surface area (Å²) in [6.07, 6.45) is 0. The minimum atomic E-state index is -0.389. The topological polar surface area (TPSA) is 86.0 Å². The van der Waals surface area contributed by atoms with Crippen molar-refractivity contribution in [3.8, 4) is 17.3 Å². The second-order valence-corrected chi connectivity index (χ2v) is 6.12. The van der Waals surface area contributed by atoms with Gasteiger partial charge in [-0.1, -0.05) is 23.4 Å². The predicted molar refractivity (Wildman–Crippen MR) is 100 cm³/mol. The SMILES string of the molecule is Cc1cc(OCc2nc(-c3cccc(F)c3)no2)nc(Nc2cccc(F)c2)n1. The quantitative estimate of drug-likeness (QED) is 0.517. The van der Waals surface area contributed by atoms with Crippen LogP contribution in [0, 0.1) is 18.6 Å². The number of rotatable bonds is 6. The third-order valence-corrected chi connectivity index (χ3v) is 3.81. The Hall–Kier alpha value is -3.88. The molecule has 0 aliphatic carbocycles. The summed E-state index contributed by atoms with van der Waals surface area (Å²) >= 11 is 0. The zero-order valence-corrected chi connectivity index (χ0v) is 15.3. The first-order valence-electron chi connectivity index (χ1n) is 8.65. The Morgan fingerprint density at radius 2 is 1.76 bits per heavy atom. The van der Waals surface area contributed by atoms with Gasteiger partial charge < -0.3 is 14.6 Å². The van der Waals surface area contributed by atoms with Crippen molar-refractivity contribution < 1.29 is 18.0 Å². The summed E-state index contributed by atoms with van der Waals surface area (Å²) in [6, 6.07) is 13.5. The van der Waals surface area contributed by atoms with Crippen LogP contribution >= 0.6 is 0 Å². The van der Waals surface area contributed by atoms with Crippen molar-refractivity contribution >= 4 is 11.6 Å². The second-order valence-electron chi connectivity index (χ2n) is 6.12. The summed E-state index contributed by atoms with van der Waals surface area (Å²) in [4.78, 5) is 12.7. The molecule has 0 saturated carbocycles. The largest absolute Gasteiger partial charge is 0.467 e. The summed E-state index contributed by atoms with van der Waals surface area (Å²) in [6.45, 7) is 1.75. The molecule has 29 heavy (non-hydrogen) atoms. The van der Waals surface area contributed by atoms with Crippen molar-refractivity contribution in [1.29, 1.82) is 0 Å². The third-order valence-electron chi connectivity index (χ3n) is 3.81. The number of aryl methyl sites for hydroxylation is 1. The molecule has 146 valence electrons. The van der Waals surface area contributed by atoms with Crippen LogP contribution in [-0.2, 0) is 6.61 Å². The van der Waals surface area contributed by atoms with E-state index in [1.165, 1.54) is 24.3 Å². The number of hydrogen-bond donors (Lipinski definition) is 1. The minimum absolute atomic E-state index is 0.0296. The first kappa shape index (κ1) is 18.5. The number of ether oxygens (including phenoxy) is 1. The molecule has 0 saturated heterocycles. The van der Waals surface area contributed by atoms with Gasteiger partial charge in [-0.3, -0.25) is 0 Å². The fourth-order valence-corrected chi connectivity index (χ4v) is 2.56. The Morgan fingerprint density at radius 3 is 2.55 bits per heavy atom. The summed E-state index contributed by atoms with van der Waals surface area (Å²) in [5.41, 5.74) is 1.66.